The summed E-state index contributed by atoms with van der Waals surface area (Å²) in [6.45, 7) is 4.34. The van der Waals surface area contributed by atoms with Crippen molar-refractivity contribution in [2.24, 2.45) is 5.14 Å². The number of primary sulfonamides is 1. The lowest BCUT2D eigenvalue weighted by atomic mass is 10.1. The van der Waals surface area contributed by atoms with Gasteiger partial charge in [-0.05, 0) is 37.5 Å². The summed E-state index contributed by atoms with van der Waals surface area (Å²) in [6.07, 6.45) is 2.36. The highest BCUT2D eigenvalue weighted by Gasteiger charge is 2.19. The van der Waals surface area contributed by atoms with Crippen LogP contribution in [0.4, 0.5) is 0 Å². The summed E-state index contributed by atoms with van der Waals surface area (Å²) in [5.41, 5.74) is 0.548. The third kappa shape index (κ3) is 3.60. The molecule has 18 heavy (non-hydrogen) atoms. The fourth-order valence-electron chi connectivity index (χ4n) is 1.70. The van der Waals surface area contributed by atoms with Crippen LogP contribution in [0.5, 0.6) is 5.75 Å². The van der Waals surface area contributed by atoms with Crippen LogP contribution in [0.3, 0.4) is 0 Å². The summed E-state index contributed by atoms with van der Waals surface area (Å²) in [7, 11) is -3.76. The van der Waals surface area contributed by atoms with E-state index in [2.05, 4.69) is 0 Å². The lowest BCUT2D eigenvalue weighted by molar-refractivity contribution is 0.339. The van der Waals surface area contributed by atoms with Gasteiger partial charge in [-0.25, -0.2) is 13.6 Å². The number of hydrogen-bond acceptors (Lipinski definition) is 3. The van der Waals surface area contributed by atoms with E-state index in [9.17, 15) is 8.42 Å². The number of nitrogens with two attached hydrogens (primary N) is 1. The maximum atomic E-state index is 11.5. The Morgan fingerprint density at radius 2 is 2.00 bits per heavy atom. The standard InChI is InChI=1S/C12H18ClNO3S/c1-3-5-6-9-11(18(14,15)16)8-7-10(12(9)13)17-4-2/h7-8H,3-6H2,1-2H3,(H2,14,15,16). The van der Waals surface area contributed by atoms with E-state index in [1.807, 2.05) is 13.8 Å². The van der Waals surface area contributed by atoms with E-state index in [1.165, 1.54) is 6.07 Å². The van der Waals surface area contributed by atoms with Crippen molar-refractivity contribution < 1.29 is 13.2 Å². The molecule has 0 aromatic heterocycles. The van der Waals surface area contributed by atoms with Crippen molar-refractivity contribution in [1.29, 1.82) is 0 Å². The van der Waals surface area contributed by atoms with Crippen LogP contribution < -0.4 is 9.88 Å². The molecule has 2 N–H and O–H groups in total. The Balaban J connectivity index is 3.32. The lowest BCUT2D eigenvalue weighted by Crippen LogP contribution is -2.15. The third-order valence-electron chi connectivity index (χ3n) is 2.55. The summed E-state index contributed by atoms with van der Waals surface area (Å²) >= 11 is 6.19. The first kappa shape index (κ1) is 15.3. The summed E-state index contributed by atoms with van der Waals surface area (Å²) < 4.78 is 28.4. The van der Waals surface area contributed by atoms with Crippen molar-refractivity contribution in [2.75, 3.05) is 6.61 Å². The zero-order valence-corrected chi connectivity index (χ0v) is 12.1. The van der Waals surface area contributed by atoms with Gasteiger partial charge in [-0.15, -0.1) is 0 Å². The highest BCUT2D eigenvalue weighted by Crippen LogP contribution is 2.33. The molecule has 1 rings (SSSR count). The summed E-state index contributed by atoms with van der Waals surface area (Å²) in [5.74, 6) is 0.498. The Bertz CT molecular complexity index is 514. The second-order valence-electron chi connectivity index (χ2n) is 3.94. The van der Waals surface area contributed by atoms with E-state index in [0.29, 0.717) is 29.4 Å². The predicted octanol–water partition coefficient (Wildman–Crippen LogP) is 2.73. The van der Waals surface area contributed by atoms with Gasteiger partial charge in [-0.3, -0.25) is 0 Å². The number of halogens is 1. The zero-order chi connectivity index (χ0) is 13.8. The van der Waals surface area contributed by atoms with E-state index in [1.54, 1.807) is 6.07 Å². The number of ether oxygens (including phenoxy) is 1. The van der Waals surface area contributed by atoms with Crippen molar-refractivity contribution in [2.45, 2.75) is 38.0 Å². The molecule has 0 unspecified atom stereocenters. The Hall–Kier alpha value is -0.780. The van der Waals surface area contributed by atoms with Gasteiger partial charge in [-0.1, -0.05) is 24.9 Å². The number of hydrogen-bond donors (Lipinski definition) is 1. The second-order valence-corrected chi connectivity index (χ2v) is 5.84. The van der Waals surface area contributed by atoms with E-state index >= 15 is 0 Å². The minimum absolute atomic E-state index is 0.0874. The molecule has 0 saturated carbocycles. The molecule has 6 heteroatoms. The van der Waals surface area contributed by atoms with Crippen molar-refractivity contribution >= 4 is 21.6 Å². The molecule has 0 saturated heterocycles. The normalized spacial score (nSPS) is 11.6. The fourth-order valence-corrected chi connectivity index (χ4v) is 2.88. The van der Waals surface area contributed by atoms with Crippen molar-refractivity contribution in [3.63, 3.8) is 0 Å². The largest absolute Gasteiger partial charge is 0.492 e. The average molecular weight is 292 g/mol. The zero-order valence-electron chi connectivity index (χ0n) is 10.6. The topological polar surface area (TPSA) is 69.4 Å². The molecule has 0 aliphatic heterocycles. The first-order chi connectivity index (χ1) is 8.41. The predicted molar refractivity (Wildman–Crippen MR) is 72.6 cm³/mol. The molecule has 0 spiro atoms. The molecule has 0 atom stereocenters. The van der Waals surface area contributed by atoms with E-state index < -0.39 is 10.0 Å². The summed E-state index contributed by atoms with van der Waals surface area (Å²) in [6, 6.07) is 3.00. The van der Waals surface area contributed by atoms with Gasteiger partial charge >= 0.3 is 0 Å². The van der Waals surface area contributed by atoms with Crippen LogP contribution in [0.2, 0.25) is 5.02 Å². The van der Waals surface area contributed by atoms with Crippen LogP contribution in [0.15, 0.2) is 17.0 Å². The van der Waals surface area contributed by atoms with Crippen molar-refractivity contribution in [1.82, 2.24) is 0 Å². The van der Waals surface area contributed by atoms with Gasteiger partial charge in [0.05, 0.1) is 16.5 Å². The Morgan fingerprint density at radius 1 is 1.33 bits per heavy atom. The SMILES string of the molecule is CCCCc1c(S(N)(=O)=O)ccc(OCC)c1Cl. The van der Waals surface area contributed by atoms with Crippen molar-refractivity contribution in [3.8, 4) is 5.75 Å². The van der Waals surface area contributed by atoms with E-state index in [0.717, 1.165) is 12.8 Å². The molecule has 102 valence electrons. The van der Waals surface area contributed by atoms with Crippen LogP contribution in [0.1, 0.15) is 32.3 Å². The lowest BCUT2D eigenvalue weighted by Gasteiger charge is -2.13. The molecule has 0 aliphatic rings. The molecule has 0 heterocycles. The maximum Gasteiger partial charge on any atom is 0.238 e. The van der Waals surface area contributed by atoms with E-state index in [-0.39, 0.29) is 4.90 Å². The number of sulfonamides is 1. The molecular formula is C12H18ClNO3S. The smallest absolute Gasteiger partial charge is 0.238 e. The van der Waals surface area contributed by atoms with Crippen LogP contribution in [0.25, 0.3) is 0 Å². The first-order valence-corrected chi connectivity index (χ1v) is 7.81. The van der Waals surface area contributed by atoms with Gasteiger partial charge in [0.15, 0.2) is 0 Å². The van der Waals surface area contributed by atoms with E-state index in [4.69, 9.17) is 21.5 Å². The van der Waals surface area contributed by atoms with Crippen LogP contribution in [-0.2, 0) is 16.4 Å². The average Bonchev–Trinajstić information content (AvgIpc) is 2.28. The minimum atomic E-state index is -3.76. The molecule has 0 amide bonds. The van der Waals surface area contributed by atoms with Crippen LogP contribution in [-0.4, -0.2) is 15.0 Å². The van der Waals surface area contributed by atoms with Gasteiger partial charge in [0.2, 0.25) is 10.0 Å². The molecule has 1 aromatic rings. The molecule has 4 nitrogen and oxygen atoms in total. The first-order valence-electron chi connectivity index (χ1n) is 5.88. The minimum Gasteiger partial charge on any atom is -0.492 e. The quantitative estimate of drug-likeness (QED) is 0.876. The van der Waals surface area contributed by atoms with Crippen LogP contribution >= 0.6 is 11.6 Å². The summed E-state index contributed by atoms with van der Waals surface area (Å²) in [4.78, 5) is 0.0874. The van der Waals surface area contributed by atoms with Crippen LogP contribution in [0, 0.1) is 0 Å². The molecule has 0 aliphatic carbocycles. The molecule has 0 radical (unpaired) electrons. The Kier molecular flexibility index (Phi) is 5.44. The highest BCUT2D eigenvalue weighted by atomic mass is 35.5. The molecular weight excluding hydrogens is 274 g/mol. The molecule has 0 fully saturated rings. The second kappa shape index (κ2) is 6.41. The van der Waals surface area contributed by atoms with Gasteiger partial charge in [-0.2, -0.15) is 0 Å². The Morgan fingerprint density at radius 3 is 2.50 bits per heavy atom. The molecule has 1 aromatic carbocycles. The number of rotatable bonds is 6. The monoisotopic (exact) mass is 291 g/mol. The Labute approximate surface area is 113 Å². The summed E-state index contributed by atoms with van der Waals surface area (Å²) in [5, 5.41) is 5.54. The molecule has 0 bridgehead atoms. The highest BCUT2D eigenvalue weighted by molar-refractivity contribution is 7.89. The van der Waals surface area contributed by atoms with Gasteiger partial charge < -0.3 is 4.74 Å². The van der Waals surface area contributed by atoms with Gasteiger partial charge in [0.1, 0.15) is 5.75 Å². The number of unbranched alkanes of at least 4 members (excludes halogenated alkanes) is 1. The van der Waals surface area contributed by atoms with Crippen molar-refractivity contribution in [3.05, 3.63) is 22.7 Å². The van der Waals surface area contributed by atoms with Gasteiger partial charge in [0, 0.05) is 0 Å². The fraction of sp³-hybridized carbons (Fsp3) is 0.500. The number of benzene rings is 1. The maximum absolute atomic E-state index is 11.5. The van der Waals surface area contributed by atoms with Gasteiger partial charge in [0.25, 0.3) is 0 Å². The third-order valence-corrected chi connectivity index (χ3v) is 3.96.